The Morgan fingerprint density at radius 1 is 1.10 bits per heavy atom. The lowest BCUT2D eigenvalue weighted by molar-refractivity contribution is 0.263. The van der Waals surface area contributed by atoms with Crippen LogP contribution >= 0.6 is 0 Å². The van der Waals surface area contributed by atoms with Gasteiger partial charge in [-0.25, -0.2) is 4.98 Å². The molecule has 0 N–H and O–H groups in total. The maximum Gasteiger partial charge on any atom is 0.141 e. The molecule has 0 bridgehead atoms. The van der Waals surface area contributed by atoms with Crippen LogP contribution in [0.3, 0.4) is 0 Å². The molecule has 0 aliphatic carbocycles. The summed E-state index contributed by atoms with van der Waals surface area (Å²) in [7, 11) is 0. The molecule has 0 radical (unpaired) electrons. The highest BCUT2D eigenvalue weighted by atomic mass is 15.2. The molecule has 1 aliphatic rings. The second-order valence-electron chi connectivity index (χ2n) is 5.56. The summed E-state index contributed by atoms with van der Waals surface area (Å²) < 4.78 is 0. The maximum absolute atomic E-state index is 8.93. The van der Waals surface area contributed by atoms with Crippen LogP contribution in [-0.4, -0.2) is 23.0 Å². The minimum atomic E-state index is 0.460. The van der Waals surface area contributed by atoms with Gasteiger partial charge in [-0.1, -0.05) is 30.3 Å². The van der Waals surface area contributed by atoms with Gasteiger partial charge in [-0.3, -0.25) is 4.90 Å². The number of pyridine rings is 1. The van der Waals surface area contributed by atoms with Crippen LogP contribution < -0.4 is 0 Å². The van der Waals surface area contributed by atoms with E-state index in [1.165, 1.54) is 31.5 Å². The average Bonchev–Trinajstić information content (AvgIpc) is 3.09. The van der Waals surface area contributed by atoms with Crippen molar-refractivity contribution in [1.82, 2.24) is 9.88 Å². The number of aromatic nitrogens is 1. The first kappa shape index (κ1) is 13.8. The number of benzene rings is 1. The van der Waals surface area contributed by atoms with Crippen molar-refractivity contribution in [2.24, 2.45) is 0 Å². The van der Waals surface area contributed by atoms with E-state index in [1.54, 1.807) is 6.07 Å². The maximum atomic E-state index is 8.93. The molecule has 0 spiro atoms. The van der Waals surface area contributed by atoms with Gasteiger partial charge in [0.2, 0.25) is 0 Å². The number of nitriles is 1. The summed E-state index contributed by atoms with van der Waals surface area (Å²) in [6, 6.07) is 16.7. The molecule has 1 aromatic heterocycles. The van der Waals surface area contributed by atoms with Crippen LogP contribution in [0.25, 0.3) is 11.3 Å². The van der Waals surface area contributed by atoms with Crippen LogP contribution in [0.15, 0.2) is 42.5 Å². The van der Waals surface area contributed by atoms with E-state index in [4.69, 9.17) is 5.26 Å². The van der Waals surface area contributed by atoms with Crippen molar-refractivity contribution in [3.63, 3.8) is 0 Å². The smallest absolute Gasteiger partial charge is 0.141 e. The summed E-state index contributed by atoms with van der Waals surface area (Å²) in [4.78, 5) is 6.87. The summed E-state index contributed by atoms with van der Waals surface area (Å²) >= 11 is 0. The van der Waals surface area contributed by atoms with E-state index in [0.717, 1.165) is 11.3 Å². The molecule has 0 unspecified atom stereocenters. The molecule has 1 aliphatic heterocycles. The monoisotopic (exact) mass is 277 g/mol. The van der Waals surface area contributed by atoms with E-state index in [9.17, 15) is 0 Å². The second-order valence-corrected chi connectivity index (χ2v) is 5.56. The molecular formula is C18H19N3. The number of likely N-dealkylation sites (tertiary alicyclic amines) is 1. The Morgan fingerprint density at radius 2 is 1.81 bits per heavy atom. The predicted molar refractivity (Wildman–Crippen MR) is 83.6 cm³/mol. The molecule has 2 aromatic rings. The Balaban J connectivity index is 1.81. The van der Waals surface area contributed by atoms with Gasteiger partial charge in [-0.15, -0.1) is 0 Å². The topological polar surface area (TPSA) is 39.9 Å². The molecule has 0 saturated carbocycles. The Morgan fingerprint density at radius 3 is 2.48 bits per heavy atom. The number of nitrogens with zero attached hydrogens (tertiary/aromatic N) is 3. The highest BCUT2D eigenvalue weighted by Gasteiger charge is 2.19. The third-order valence-corrected chi connectivity index (χ3v) is 4.24. The van der Waals surface area contributed by atoms with Crippen LogP contribution in [0.2, 0.25) is 0 Å². The number of rotatable bonds is 3. The van der Waals surface area contributed by atoms with E-state index < -0.39 is 0 Å². The third-order valence-electron chi connectivity index (χ3n) is 4.24. The lowest BCUT2D eigenvalue weighted by Gasteiger charge is -2.24. The summed E-state index contributed by atoms with van der Waals surface area (Å²) in [6.45, 7) is 4.68. The molecule has 1 aromatic carbocycles. The minimum absolute atomic E-state index is 0.460. The first-order valence-electron chi connectivity index (χ1n) is 7.49. The lowest BCUT2D eigenvalue weighted by atomic mass is 10.0. The lowest BCUT2D eigenvalue weighted by Crippen LogP contribution is -2.23. The molecule has 3 heteroatoms. The zero-order valence-corrected chi connectivity index (χ0v) is 12.3. The molecule has 21 heavy (non-hydrogen) atoms. The van der Waals surface area contributed by atoms with Crippen LogP contribution in [0.5, 0.6) is 0 Å². The molecule has 2 heterocycles. The predicted octanol–water partition coefficient (Wildman–Crippen LogP) is 3.78. The molecule has 1 atom stereocenters. The van der Waals surface area contributed by atoms with Crippen molar-refractivity contribution in [3.8, 4) is 17.3 Å². The van der Waals surface area contributed by atoms with E-state index in [2.05, 4.69) is 47.1 Å². The van der Waals surface area contributed by atoms with E-state index in [0.29, 0.717) is 11.7 Å². The van der Waals surface area contributed by atoms with Crippen molar-refractivity contribution in [2.45, 2.75) is 25.8 Å². The van der Waals surface area contributed by atoms with Crippen molar-refractivity contribution in [2.75, 3.05) is 13.1 Å². The zero-order chi connectivity index (χ0) is 14.7. The summed E-state index contributed by atoms with van der Waals surface area (Å²) in [5.74, 6) is 0. The Bertz CT molecular complexity index is 649. The summed E-state index contributed by atoms with van der Waals surface area (Å²) in [6.07, 6.45) is 2.63. The number of hydrogen-bond donors (Lipinski definition) is 0. The molecule has 1 fully saturated rings. The van der Waals surface area contributed by atoms with Crippen molar-refractivity contribution >= 4 is 0 Å². The number of hydrogen-bond acceptors (Lipinski definition) is 3. The normalized spacial score (nSPS) is 16.6. The average molecular weight is 277 g/mol. The highest BCUT2D eigenvalue weighted by molar-refractivity contribution is 5.60. The SMILES string of the molecule is C[C@@H](c1ccc(-c2cccc(C#N)n2)cc1)N1CCCC1. The van der Waals surface area contributed by atoms with Gasteiger partial charge >= 0.3 is 0 Å². The van der Waals surface area contributed by atoms with Gasteiger partial charge in [0.25, 0.3) is 0 Å². The van der Waals surface area contributed by atoms with Gasteiger partial charge in [0.05, 0.1) is 5.69 Å². The Kier molecular flexibility index (Phi) is 3.98. The van der Waals surface area contributed by atoms with Gasteiger partial charge in [0.1, 0.15) is 11.8 Å². The van der Waals surface area contributed by atoms with E-state index in [1.807, 2.05) is 12.1 Å². The first-order valence-corrected chi connectivity index (χ1v) is 7.49. The minimum Gasteiger partial charge on any atom is -0.297 e. The fourth-order valence-corrected chi connectivity index (χ4v) is 2.93. The fraction of sp³-hybridized carbons (Fsp3) is 0.333. The molecule has 1 saturated heterocycles. The molecule has 3 rings (SSSR count). The van der Waals surface area contributed by atoms with Crippen LogP contribution in [0, 0.1) is 11.3 Å². The quantitative estimate of drug-likeness (QED) is 0.857. The van der Waals surface area contributed by atoms with Crippen LogP contribution in [-0.2, 0) is 0 Å². The van der Waals surface area contributed by atoms with Gasteiger partial charge < -0.3 is 0 Å². The van der Waals surface area contributed by atoms with Gasteiger partial charge in [0.15, 0.2) is 0 Å². The third kappa shape index (κ3) is 2.96. The van der Waals surface area contributed by atoms with Crippen molar-refractivity contribution in [1.29, 1.82) is 5.26 Å². The van der Waals surface area contributed by atoms with Crippen molar-refractivity contribution in [3.05, 3.63) is 53.7 Å². The van der Waals surface area contributed by atoms with E-state index >= 15 is 0 Å². The Labute approximate surface area is 125 Å². The molecular weight excluding hydrogens is 258 g/mol. The highest BCUT2D eigenvalue weighted by Crippen LogP contribution is 2.26. The van der Waals surface area contributed by atoms with Gasteiger partial charge in [-0.2, -0.15) is 5.26 Å². The van der Waals surface area contributed by atoms with Gasteiger partial charge in [0, 0.05) is 11.6 Å². The molecule has 106 valence electrons. The van der Waals surface area contributed by atoms with Crippen LogP contribution in [0.4, 0.5) is 0 Å². The van der Waals surface area contributed by atoms with Crippen LogP contribution in [0.1, 0.15) is 37.1 Å². The summed E-state index contributed by atoms with van der Waals surface area (Å²) in [5, 5.41) is 8.93. The zero-order valence-electron chi connectivity index (χ0n) is 12.3. The van der Waals surface area contributed by atoms with E-state index in [-0.39, 0.29) is 0 Å². The second kappa shape index (κ2) is 6.07. The summed E-state index contributed by atoms with van der Waals surface area (Å²) in [5.41, 5.74) is 3.72. The van der Waals surface area contributed by atoms with Gasteiger partial charge in [-0.05, 0) is 50.6 Å². The fourth-order valence-electron chi connectivity index (χ4n) is 2.93. The molecule has 3 nitrogen and oxygen atoms in total. The largest absolute Gasteiger partial charge is 0.297 e. The molecule has 0 amide bonds. The standard InChI is InChI=1S/C18H19N3/c1-14(21-11-2-3-12-21)15-7-9-16(10-8-15)18-6-4-5-17(13-19)20-18/h4-10,14H,2-3,11-12H2,1H3/t14-/m0/s1. The first-order chi connectivity index (χ1) is 10.3. The van der Waals surface area contributed by atoms with Crippen molar-refractivity contribution < 1.29 is 0 Å². The Hall–Kier alpha value is -2.18.